The van der Waals surface area contributed by atoms with Crippen LogP contribution in [0.4, 0.5) is 18.9 Å². The normalized spacial score (nSPS) is 13.7. The molecule has 0 radical (unpaired) electrons. The molecule has 0 spiro atoms. The molecule has 120 valence electrons. The Bertz CT molecular complexity index is 825. The van der Waals surface area contributed by atoms with Crippen LogP contribution in [0.15, 0.2) is 35.1 Å². The predicted octanol–water partition coefficient (Wildman–Crippen LogP) is 3.13. The Morgan fingerprint density at radius 2 is 1.96 bits per heavy atom. The van der Waals surface area contributed by atoms with Crippen molar-refractivity contribution >= 4 is 11.6 Å². The fourth-order valence-electron chi connectivity index (χ4n) is 2.65. The molecular formula is C16H13F3N2O2. The average Bonchev–Trinajstić information content (AvgIpc) is 2.92. The van der Waals surface area contributed by atoms with Crippen molar-refractivity contribution in [2.24, 2.45) is 0 Å². The number of carbonyl (C=O) groups is 1. The summed E-state index contributed by atoms with van der Waals surface area (Å²) >= 11 is 0. The molecule has 1 aliphatic rings. The summed E-state index contributed by atoms with van der Waals surface area (Å²) in [6.45, 7) is 0. The number of rotatable bonds is 2. The molecule has 0 fully saturated rings. The number of aromatic nitrogens is 1. The first-order chi connectivity index (χ1) is 10.8. The fraction of sp³-hybridized carbons (Fsp3) is 0.250. The van der Waals surface area contributed by atoms with Gasteiger partial charge in [0, 0.05) is 11.4 Å². The number of fused-ring (bicyclic) bond motifs is 1. The van der Waals surface area contributed by atoms with Crippen LogP contribution in [0.1, 0.15) is 33.6 Å². The smallest absolute Gasteiger partial charge is 0.325 e. The minimum atomic E-state index is -4.49. The Kier molecular flexibility index (Phi) is 3.71. The van der Waals surface area contributed by atoms with E-state index >= 15 is 0 Å². The largest absolute Gasteiger partial charge is 0.416 e. The molecule has 0 aliphatic heterocycles. The van der Waals surface area contributed by atoms with Crippen molar-refractivity contribution in [2.45, 2.75) is 25.4 Å². The van der Waals surface area contributed by atoms with Gasteiger partial charge in [-0.2, -0.15) is 13.2 Å². The lowest BCUT2D eigenvalue weighted by atomic mass is 10.1. The van der Waals surface area contributed by atoms with Crippen molar-refractivity contribution in [3.63, 3.8) is 0 Å². The molecule has 7 heteroatoms. The van der Waals surface area contributed by atoms with Crippen LogP contribution in [0.25, 0.3) is 0 Å². The van der Waals surface area contributed by atoms with Gasteiger partial charge in [-0.05, 0) is 49.1 Å². The Morgan fingerprint density at radius 1 is 1.17 bits per heavy atom. The average molecular weight is 322 g/mol. The number of H-pyrrole nitrogens is 1. The Hall–Kier alpha value is -2.57. The molecule has 1 heterocycles. The van der Waals surface area contributed by atoms with E-state index in [2.05, 4.69) is 10.3 Å². The van der Waals surface area contributed by atoms with Crippen molar-refractivity contribution in [2.75, 3.05) is 5.32 Å². The third-order valence-electron chi connectivity index (χ3n) is 3.78. The number of aryl methyl sites for hydroxylation is 2. The minimum absolute atomic E-state index is 0.00952. The van der Waals surface area contributed by atoms with Gasteiger partial charge in [0.1, 0.15) is 5.56 Å². The lowest BCUT2D eigenvalue weighted by molar-refractivity contribution is -0.137. The summed E-state index contributed by atoms with van der Waals surface area (Å²) < 4.78 is 38.0. The van der Waals surface area contributed by atoms with Gasteiger partial charge < -0.3 is 10.3 Å². The van der Waals surface area contributed by atoms with Gasteiger partial charge in [-0.25, -0.2) is 0 Å². The summed E-state index contributed by atoms with van der Waals surface area (Å²) in [4.78, 5) is 26.8. The standard InChI is InChI=1S/C16H13F3N2O2/c17-16(18,19)10-4-2-5-11(8-10)20-14(22)12-7-9-3-1-6-13(9)21-15(12)23/h2,4-5,7-8H,1,3,6H2,(H,20,22)(H,21,23). The second-order valence-corrected chi connectivity index (χ2v) is 5.40. The topological polar surface area (TPSA) is 62.0 Å². The van der Waals surface area contributed by atoms with Crippen LogP contribution >= 0.6 is 0 Å². The van der Waals surface area contributed by atoms with Crippen molar-refractivity contribution in [1.82, 2.24) is 4.98 Å². The van der Waals surface area contributed by atoms with E-state index in [1.807, 2.05) is 0 Å². The highest BCUT2D eigenvalue weighted by Gasteiger charge is 2.30. The quantitative estimate of drug-likeness (QED) is 0.892. The van der Waals surface area contributed by atoms with Crippen LogP contribution in [0, 0.1) is 0 Å². The van der Waals surface area contributed by atoms with Gasteiger partial charge in [-0.15, -0.1) is 0 Å². The van der Waals surface area contributed by atoms with Crippen LogP contribution in [-0.4, -0.2) is 10.9 Å². The second-order valence-electron chi connectivity index (χ2n) is 5.40. The first-order valence-corrected chi connectivity index (χ1v) is 7.08. The molecule has 2 aromatic rings. The van der Waals surface area contributed by atoms with Gasteiger partial charge in [0.05, 0.1) is 5.56 Å². The highest BCUT2D eigenvalue weighted by Crippen LogP contribution is 2.30. The molecule has 1 aromatic heterocycles. The molecule has 1 amide bonds. The van der Waals surface area contributed by atoms with E-state index in [0.717, 1.165) is 42.7 Å². The minimum Gasteiger partial charge on any atom is -0.325 e. The number of pyridine rings is 1. The molecule has 0 saturated carbocycles. The van der Waals surface area contributed by atoms with E-state index in [4.69, 9.17) is 0 Å². The number of anilines is 1. The van der Waals surface area contributed by atoms with Crippen molar-refractivity contribution in [3.05, 3.63) is 63.1 Å². The van der Waals surface area contributed by atoms with Crippen LogP contribution < -0.4 is 10.9 Å². The maximum Gasteiger partial charge on any atom is 0.416 e. The van der Waals surface area contributed by atoms with Gasteiger partial charge in [0.2, 0.25) is 0 Å². The summed E-state index contributed by atoms with van der Waals surface area (Å²) in [6, 6.07) is 5.81. The van der Waals surface area contributed by atoms with E-state index in [1.165, 1.54) is 18.2 Å². The summed E-state index contributed by atoms with van der Waals surface area (Å²) in [5, 5.41) is 2.34. The second kappa shape index (κ2) is 5.57. The number of alkyl halides is 3. The molecule has 1 aliphatic carbocycles. The number of benzene rings is 1. The van der Waals surface area contributed by atoms with E-state index < -0.39 is 23.2 Å². The molecule has 1 aromatic carbocycles. The molecule has 2 N–H and O–H groups in total. The summed E-state index contributed by atoms with van der Waals surface area (Å²) in [5.74, 6) is -0.722. The van der Waals surface area contributed by atoms with Gasteiger partial charge in [0.25, 0.3) is 11.5 Å². The maximum absolute atomic E-state index is 12.7. The van der Waals surface area contributed by atoms with Crippen molar-refractivity contribution < 1.29 is 18.0 Å². The molecule has 3 rings (SSSR count). The summed E-state index contributed by atoms with van der Waals surface area (Å²) in [5.41, 5.74) is 0.227. The van der Waals surface area contributed by atoms with Crippen LogP contribution in [-0.2, 0) is 19.0 Å². The van der Waals surface area contributed by atoms with Crippen molar-refractivity contribution in [3.8, 4) is 0 Å². The van der Waals surface area contributed by atoms with E-state index in [9.17, 15) is 22.8 Å². The zero-order chi connectivity index (χ0) is 16.6. The highest BCUT2D eigenvalue weighted by atomic mass is 19.4. The number of nitrogens with one attached hydrogen (secondary N) is 2. The number of halogens is 3. The Balaban J connectivity index is 1.87. The summed E-state index contributed by atoms with van der Waals surface area (Å²) in [6.07, 6.45) is -2.05. The molecule has 23 heavy (non-hydrogen) atoms. The van der Waals surface area contributed by atoms with Crippen molar-refractivity contribution in [1.29, 1.82) is 0 Å². The first kappa shape index (κ1) is 15.3. The van der Waals surface area contributed by atoms with Crippen LogP contribution in [0.5, 0.6) is 0 Å². The lowest BCUT2D eigenvalue weighted by Gasteiger charge is -2.10. The van der Waals surface area contributed by atoms with Gasteiger partial charge >= 0.3 is 6.18 Å². The predicted molar refractivity (Wildman–Crippen MR) is 78.5 cm³/mol. The Morgan fingerprint density at radius 3 is 2.70 bits per heavy atom. The van der Waals surface area contributed by atoms with E-state index in [-0.39, 0.29) is 11.3 Å². The highest BCUT2D eigenvalue weighted by molar-refractivity contribution is 6.04. The Labute approximate surface area is 129 Å². The lowest BCUT2D eigenvalue weighted by Crippen LogP contribution is -2.24. The third kappa shape index (κ3) is 3.13. The number of carbonyl (C=O) groups excluding carboxylic acids is 1. The third-order valence-corrected chi connectivity index (χ3v) is 3.78. The summed E-state index contributed by atoms with van der Waals surface area (Å²) in [7, 11) is 0. The number of hydrogen-bond acceptors (Lipinski definition) is 2. The molecule has 0 atom stereocenters. The molecule has 4 nitrogen and oxygen atoms in total. The molecule has 0 unspecified atom stereocenters. The zero-order valence-electron chi connectivity index (χ0n) is 12.0. The molecule has 0 bridgehead atoms. The monoisotopic (exact) mass is 322 g/mol. The van der Waals surface area contributed by atoms with Crippen LogP contribution in [0.3, 0.4) is 0 Å². The van der Waals surface area contributed by atoms with E-state index in [1.54, 1.807) is 0 Å². The SMILES string of the molecule is O=C(Nc1cccc(C(F)(F)F)c1)c1cc2c([nH]c1=O)CCC2. The maximum atomic E-state index is 12.7. The number of aromatic amines is 1. The number of hydrogen-bond donors (Lipinski definition) is 2. The number of amides is 1. The molecular weight excluding hydrogens is 309 g/mol. The van der Waals surface area contributed by atoms with Gasteiger partial charge in [-0.3, -0.25) is 9.59 Å². The zero-order valence-corrected chi connectivity index (χ0v) is 12.0. The van der Waals surface area contributed by atoms with Gasteiger partial charge in [-0.1, -0.05) is 6.07 Å². The van der Waals surface area contributed by atoms with Crippen LogP contribution in [0.2, 0.25) is 0 Å². The molecule has 0 saturated heterocycles. The van der Waals surface area contributed by atoms with Gasteiger partial charge in [0.15, 0.2) is 0 Å². The van der Waals surface area contributed by atoms with E-state index in [0.29, 0.717) is 0 Å². The fourth-order valence-corrected chi connectivity index (χ4v) is 2.65. The first-order valence-electron chi connectivity index (χ1n) is 7.08.